The van der Waals surface area contributed by atoms with Crippen molar-refractivity contribution in [2.24, 2.45) is 0 Å². The Kier molecular flexibility index (Phi) is 3.90. The van der Waals surface area contributed by atoms with Crippen LogP contribution in [0.5, 0.6) is 0 Å². The van der Waals surface area contributed by atoms with Gasteiger partial charge in [0.15, 0.2) is 0 Å². The highest BCUT2D eigenvalue weighted by molar-refractivity contribution is 6.63. The van der Waals surface area contributed by atoms with E-state index in [1.54, 1.807) is 0 Å². The fourth-order valence-electron chi connectivity index (χ4n) is 1.76. The average molecular weight is 285 g/mol. The van der Waals surface area contributed by atoms with Gasteiger partial charge in [-0.05, 0) is 35.4 Å². The van der Waals surface area contributed by atoms with Crippen molar-refractivity contribution >= 4 is 16.8 Å². The molecule has 0 atom stereocenters. The highest BCUT2D eigenvalue weighted by Gasteiger charge is 2.12. The molecule has 2 rings (SSSR count). The Hall–Kier alpha value is -1.81. The predicted octanol–water partition coefficient (Wildman–Crippen LogP) is 4.08. The fraction of sp³-hybridized carbons (Fsp3) is 0.0714. The molecule has 0 aliphatic carbocycles. The van der Waals surface area contributed by atoms with Crippen LogP contribution in [0.1, 0.15) is 5.56 Å². The topological polar surface area (TPSA) is 17.1 Å². The standard InChI is InChI=1S/C14H8ClF3O/c15-14(19)6-8-1-3-10(12(17)5-8)11-4-2-9(16)7-13(11)18/h1-5,7H,6H2. The van der Waals surface area contributed by atoms with Crippen LogP contribution in [-0.2, 0) is 11.2 Å². The zero-order valence-electron chi connectivity index (χ0n) is 9.59. The summed E-state index contributed by atoms with van der Waals surface area (Å²) < 4.78 is 40.2. The van der Waals surface area contributed by atoms with Crippen LogP contribution >= 0.6 is 11.6 Å². The maximum atomic E-state index is 13.9. The molecular formula is C14H8ClF3O. The Bertz CT molecular complexity index is 641. The number of rotatable bonds is 3. The fourth-order valence-corrected chi connectivity index (χ4v) is 1.91. The molecule has 2 aromatic rings. The van der Waals surface area contributed by atoms with Crippen molar-refractivity contribution < 1.29 is 18.0 Å². The van der Waals surface area contributed by atoms with Crippen molar-refractivity contribution in [1.29, 1.82) is 0 Å². The Morgan fingerprint density at radius 1 is 0.947 bits per heavy atom. The molecule has 0 saturated heterocycles. The minimum atomic E-state index is -0.847. The highest BCUT2D eigenvalue weighted by Crippen LogP contribution is 2.27. The van der Waals surface area contributed by atoms with Crippen molar-refractivity contribution in [3.05, 3.63) is 59.4 Å². The van der Waals surface area contributed by atoms with Crippen LogP contribution in [0.2, 0.25) is 0 Å². The largest absolute Gasteiger partial charge is 0.281 e. The van der Waals surface area contributed by atoms with Gasteiger partial charge in [-0.25, -0.2) is 13.2 Å². The molecule has 0 amide bonds. The van der Waals surface area contributed by atoms with Gasteiger partial charge >= 0.3 is 0 Å². The van der Waals surface area contributed by atoms with Gasteiger partial charge in [0.25, 0.3) is 0 Å². The maximum Gasteiger partial charge on any atom is 0.226 e. The lowest BCUT2D eigenvalue weighted by Gasteiger charge is -2.07. The Morgan fingerprint density at radius 2 is 1.53 bits per heavy atom. The minimum absolute atomic E-state index is 0.00303. The van der Waals surface area contributed by atoms with Gasteiger partial charge in [-0.3, -0.25) is 4.79 Å². The third kappa shape index (κ3) is 3.15. The molecule has 0 aromatic heterocycles. The van der Waals surface area contributed by atoms with Crippen LogP contribution in [0, 0.1) is 17.5 Å². The van der Waals surface area contributed by atoms with Crippen LogP contribution in [0.25, 0.3) is 11.1 Å². The molecule has 5 heteroatoms. The zero-order chi connectivity index (χ0) is 14.0. The molecule has 0 radical (unpaired) electrons. The molecule has 0 bridgehead atoms. The second-order valence-electron chi connectivity index (χ2n) is 3.97. The molecule has 0 spiro atoms. The first kappa shape index (κ1) is 13.6. The van der Waals surface area contributed by atoms with Gasteiger partial charge in [-0.1, -0.05) is 12.1 Å². The van der Waals surface area contributed by atoms with Crippen LogP contribution in [0.15, 0.2) is 36.4 Å². The van der Waals surface area contributed by atoms with E-state index in [1.165, 1.54) is 12.1 Å². The summed E-state index contributed by atoms with van der Waals surface area (Å²) >= 11 is 5.20. The summed E-state index contributed by atoms with van der Waals surface area (Å²) in [5, 5.41) is -0.611. The molecule has 0 N–H and O–H groups in total. The predicted molar refractivity (Wildman–Crippen MR) is 66.3 cm³/mol. The SMILES string of the molecule is O=C(Cl)Cc1ccc(-c2ccc(F)cc2F)c(F)c1. The Labute approximate surface area is 112 Å². The summed E-state index contributed by atoms with van der Waals surface area (Å²) in [6, 6.07) is 6.81. The van der Waals surface area contributed by atoms with Crippen molar-refractivity contribution in [3.63, 3.8) is 0 Å². The van der Waals surface area contributed by atoms with Gasteiger partial charge in [-0.2, -0.15) is 0 Å². The molecule has 0 unspecified atom stereocenters. The first-order valence-electron chi connectivity index (χ1n) is 5.39. The summed E-state index contributed by atoms with van der Waals surface area (Å²) in [7, 11) is 0. The van der Waals surface area contributed by atoms with Crippen LogP contribution < -0.4 is 0 Å². The van der Waals surface area contributed by atoms with Crippen molar-refractivity contribution in [2.45, 2.75) is 6.42 Å². The molecule has 2 aromatic carbocycles. The lowest BCUT2D eigenvalue weighted by molar-refractivity contribution is -0.111. The van der Waals surface area contributed by atoms with Gasteiger partial charge in [0, 0.05) is 23.6 Å². The lowest BCUT2D eigenvalue weighted by atomic mass is 10.0. The molecule has 98 valence electrons. The molecule has 0 heterocycles. The number of carbonyl (C=O) groups excluding carboxylic acids is 1. The Balaban J connectivity index is 2.43. The molecular weight excluding hydrogens is 277 g/mol. The summed E-state index contributed by atoms with van der Waals surface area (Å²) in [4.78, 5) is 10.7. The van der Waals surface area contributed by atoms with Crippen molar-refractivity contribution in [1.82, 2.24) is 0 Å². The van der Waals surface area contributed by atoms with Gasteiger partial charge in [0.1, 0.15) is 17.5 Å². The third-order valence-electron chi connectivity index (χ3n) is 2.60. The maximum absolute atomic E-state index is 13.9. The first-order valence-corrected chi connectivity index (χ1v) is 5.77. The minimum Gasteiger partial charge on any atom is -0.281 e. The van der Waals surface area contributed by atoms with Crippen LogP contribution in [-0.4, -0.2) is 5.24 Å². The number of halogens is 4. The number of carbonyl (C=O) groups is 1. The smallest absolute Gasteiger partial charge is 0.226 e. The Morgan fingerprint density at radius 3 is 2.05 bits per heavy atom. The highest BCUT2D eigenvalue weighted by atomic mass is 35.5. The van der Waals surface area contributed by atoms with E-state index in [1.807, 2.05) is 0 Å². The summed E-state index contributed by atoms with van der Waals surface area (Å²) in [6.45, 7) is 0. The molecule has 0 aliphatic rings. The molecule has 1 nitrogen and oxygen atoms in total. The molecule has 0 aliphatic heterocycles. The summed E-state index contributed by atoms with van der Waals surface area (Å²) in [5.41, 5.74) is 0.356. The molecule has 0 saturated carbocycles. The molecule has 0 fully saturated rings. The van der Waals surface area contributed by atoms with Crippen LogP contribution in [0.4, 0.5) is 13.2 Å². The van der Waals surface area contributed by atoms with E-state index in [0.29, 0.717) is 11.6 Å². The molecule has 19 heavy (non-hydrogen) atoms. The van der Waals surface area contributed by atoms with E-state index >= 15 is 0 Å². The van der Waals surface area contributed by atoms with E-state index < -0.39 is 22.7 Å². The van der Waals surface area contributed by atoms with Crippen LogP contribution in [0.3, 0.4) is 0 Å². The third-order valence-corrected chi connectivity index (χ3v) is 2.73. The van der Waals surface area contributed by atoms with E-state index in [9.17, 15) is 18.0 Å². The van der Waals surface area contributed by atoms with Gasteiger partial charge < -0.3 is 0 Å². The van der Waals surface area contributed by atoms with Gasteiger partial charge in [-0.15, -0.1) is 0 Å². The first-order chi connectivity index (χ1) is 8.97. The van der Waals surface area contributed by atoms with E-state index in [2.05, 4.69) is 0 Å². The number of benzene rings is 2. The average Bonchev–Trinajstić information content (AvgIpc) is 2.30. The normalized spacial score (nSPS) is 10.5. The van der Waals surface area contributed by atoms with Gasteiger partial charge in [0.05, 0.1) is 0 Å². The van der Waals surface area contributed by atoms with Crippen molar-refractivity contribution in [2.75, 3.05) is 0 Å². The monoisotopic (exact) mass is 284 g/mol. The van der Waals surface area contributed by atoms with Crippen molar-refractivity contribution in [3.8, 4) is 11.1 Å². The summed E-state index contributed by atoms with van der Waals surface area (Å²) in [6.07, 6.45) is -0.106. The van der Waals surface area contributed by atoms with Gasteiger partial charge in [0.2, 0.25) is 5.24 Å². The van der Waals surface area contributed by atoms with E-state index in [4.69, 9.17) is 11.6 Å². The number of hydrogen-bond acceptors (Lipinski definition) is 1. The zero-order valence-corrected chi connectivity index (χ0v) is 10.3. The second kappa shape index (κ2) is 5.45. The number of hydrogen-bond donors (Lipinski definition) is 0. The van der Waals surface area contributed by atoms with E-state index in [0.717, 1.165) is 18.2 Å². The lowest BCUT2D eigenvalue weighted by Crippen LogP contribution is -1.96. The second-order valence-corrected chi connectivity index (χ2v) is 4.39. The quantitative estimate of drug-likeness (QED) is 0.776. The summed E-state index contributed by atoms with van der Waals surface area (Å²) in [5.74, 6) is -2.27. The van der Waals surface area contributed by atoms with E-state index in [-0.39, 0.29) is 17.5 Å².